The summed E-state index contributed by atoms with van der Waals surface area (Å²) in [5.41, 5.74) is 0. The average Bonchev–Trinajstić information content (AvgIpc) is 1.80. The molecule has 47 valence electrons. The molecule has 1 nitrogen and oxygen atoms in total. The summed E-state index contributed by atoms with van der Waals surface area (Å²) in [5.74, 6) is -2.33. The van der Waals surface area contributed by atoms with E-state index in [1.165, 1.54) is 0 Å². The number of aromatic nitrogens is 1. The largest absolute Gasteiger partial charge is 0.250 e. The van der Waals surface area contributed by atoms with Crippen LogP contribution in [0.2, 0.25) is 5.15 Å². The first-order valence-electron chi connectivity index (χ1n) is 2.09. The Morgan fingerprint density at radius 1 is 1.56 bits per heavy atom. The van der Waals surface area contributed by atoms with Gasteiger partial charge in [-0.1, -0.05) is 11.6 Å². The second kappa shape index (κ2) is 2.27. The van der Waals surface area contributed by atoms with Crippen LogP contribution >= 0.6 is 11.6 Å². The van der Waals surface area contributed by atoms with Crippen molar-refractivity contribution in [3.05, 3.63) is 29.1 Å². The van der Waals surface area contributed by atoms with Crippen molar-refractivity contribution in [3.8, 4) is 0 Å². The average molecular weight is 149 g/mol. The summed E-state index contributed by atoms with van der Waals surface area (Å²) in [7, 11) is 0. The molecule has 0 aliphatic carbocycles. The third-order valence-corrected chi connectivity index (χ3v) is 0.898. The Morgan fingerprint density at radius 2 is 2.22 bits per heavy atom. The molecule has 0 aromatic carbocycles. The molecule has 0 aliphatic rings. The van der Waals surface area contributed by atoms with Crippen molar-refractivity contribution < 1.29 is 8.78 Å². The third-order valence-electron chi connectivity index (χ3n) is 0.704. The van der Waals surface area contributed by atoms with Crippen molar-refractivity contribution in [2.75, 3.05) is 0 Å². The van der Waals surface area contributed by atoms with Gasteiger partial charge in [-0.3, -0.25) is 0 Å². The molecule has 1 heterocycles. The molecule has 0 aliphatic heterocycles. The van der Waals surface area contributed by atoms with E-state index in [1.54, 1.807) is 0 Å². The Hall–Kier alpha value is -0.700. The molecule has 1 aromatic rings. The molecule has 9 heavy (non-hydrogen) atoms. The van der Waals surface area contributed by atoms with E-state index in [2.05, 4.69) is 4.98 Å². The van der Waals surface area contributed by atoms with Gasteiger partial charge in [-0.15, -0.1) is 0 Å². The van der Waals surface area contributed by atoms with Crippen molar-refractivity contribution >= 4 is 11.6 Å². The van der Waals surface area contributed by atoms with E-state index in [1.807, 2.05) is 6.07 Å². The number of hydrogen-bond donors (Lipinski definition) is 0. The van der Waals surface area contributed by atoms with Crippen LogP contribution in [-0.4, -0.2) is 4.98 Å². The molecule has 0 saturated heterocycles. The van der Waals surface area contributed by atoms with E-state index in [9.17, 15) is 8.78 Å². The highest BCUT2D eigenvalue weighted by atomic mass is 35.5. The van der Waals surface area contributed by atoms with Crippen LogP contribution in [0.1, 0.15) is 0 Å². The lowest BCUT2D eigenvalue weighted by Crippen LogP contribution is -1.87. The van der Waals surface area contributed by atoms with E-state index in [0.29, 0.717) is 0 Å². The molecule has 0 unspecified atom stereocenters. The van der Waals surface area contributed by atoms with Gasteiger partial charge in [0.15, 0.2) is 5.82 Å². The molecule has 0 amide bonds. The minimum Gasteiger partial charge on any atom is -0.205 e. The van der Waals surface area contributed by atoms with Gasteiger partial charge in [0.1, 0.15) is 5.15 Å². The van der Waals surface area contributed by atoms with Crippen LogP contribution in [0.3, 0.4) is 0 Å². The molecule has 1 aromatic heterocycles. The fraction of sp³-hybridized carbons (Fsp3) is 0. The van der Waals surface area contributed by atoms with E-state index >= 15 is 0 Å². The lowest BCUT2D eigenvalue weighted by Gasteiger charge is -1.88. The van der Waals surface area contributed by atoms with Gasteiger partial charge >= 0.3 is 0 Å². The predicted molar refractivity (Wildman–Crippen MR) is 28.0 cm³/mol. The van der Waals surface area contributed by atoms with Crippen molar-refractivity contribution in [2.24, 2.45) is 0 Å². The Balaban J connectivity index is 3.17. The predicted octanol–water partition coefficient (Wildman–Crippen LogP) is 1.81. The third kappa shape index (κ3) is 1.36. The van der Waals surface area contributed by atoms with Gasteiger partial charge < -0.3 is 0 Å². The standard InChI is InChI=1S/C5HClF2N/c6-4-2-1-3(7)5(8)9-4/h2H. The number of pyridine rings is 1. The number of halogens is 3. The molecule has 0 bridgehead atoms. The quantitative estimate of drug-likeness (QED) is 0.512. The Kier molecular flexibility index (Phi) is 1.62. The first-order valence-corrected chi connectivity index (χ1v) is 2.47. The van der Waals surface area contributed by atoms with Gasteiger partial charge in [-0.25, -0.2) is 9.37 Å². The maximum atomic E-state index is 12.0. The summed E-state index contributed by atoms with van der Waals surface area (Å²) in [4.78, 5) is 2.97. The van der Waals surface area contributed by atoms with E-state index in [0.717, 1.165) is 6.07 Å². The zero-order chi connectivity index (χ0) is 6.85. The highest BCUT2D eigenvalue weighted by Crippen LogP contribution is 2.06. The summed E-state index contributed by atoms with van der Waals surface area (Å²) in [6.07, 6.45) is 0. The number of rotatable bonds is 0. The molecule has 1 rings (SSSR count). The van der Waals surface area contributed by atoms with Crippen LogP contribution < -0.4 is 0 Å². The van der Waals surface area contributed by atoms with E-state index < -0.39 is 11.8 Å². The molecular weight excluding hydrogens is 148 g/mol. The van der Waals surface area contributed by atoms with Crippen LogP contribution in [0.15, 0.2) is 6.07 Å². The Labute approximate surface area is 55.3 Å². The van der Waals surface area contributed by atoms with Crippen LogP contribution in [0.5, 0.6) is 0 Å². The topological polar surface area (TPSA) is 12.9 Å². The minimum atomic E-state index is -1.22. The first-order chi connectivity index (χ1) is 4.20. The molecule has 4 heteroatoms. The van der Waals surface area contributed by atoms with Crippen LogP contribution in [0.25, 0.3) is 0 Å². The Morgan fingerprint density at radius 3 is 2.67 bits per heavy atom. The van der Waals surface area contributed by atoms with Crippen molar-refractivity contribution in [3.63, 3.8) is 0 Å². The normalized spacial score (nSPS) is 9.67. The highest BCUT2D eigenvalue weighted by molar-refractivity contribution is 6.29. The molecule has 0 spiro atoms. The summed E-state index contributed by atoms with van der Waals surface area (Å²) < 4.78 is 23.9. The first kappa shape index (κ1) is 6.42. The van der Waals surface area contributed by atoms with Crippen molar-refractivity contribution in [1.29, 1.82) is 0 Å². The number of hydrogen-bond acceptors (Lipinski definition) is 1. The second-order valence-corrected chi connectivity index (χ2v) is 1.72. The van der Waals surface area contributed by atoms with Gasteiger partial charge in [0.05, 0.1) is 0 Å². The lowest BCUT2D eigenvalue weighted by atomic mass is 10.5. The number of nitrogens with zero attached hydrogens (tertiary/aromatic N) is 1. The van der Waals surface area contributed by atoms with Gasteiger partial charge in [-0.2, -0.15) is 4.39 Å². The molecular formula is C5HClF2N. The fourth-order valence-corrected chi connectivity index (χ4v) is 0.486. The van der Waals surface area contributed by atoms with E-state index in [-0.39, 0.29) is 5.15 Å². The molecule has 0 atom stereocenters. The molecule has 0 N–H and O–H groups in total. The monoisotopic (exact) mass is 148 g/mol. The van der Waals surface area contributed by atoms with Gasteiger partial charge in [0.25, 0.3) is 5.95 Å². The zero-order valence-corrected chi connectivity index (χ0v) is 4.91. The maximum Gasteiger partial charge on any atom is 0.250 e. The highest BCUT2D eigenvalue weighted by Gasteiger charge is 2.01. The van der Waals surface area contributed by atoms with Crippen molar-refractivity contribution in [1.82, 2.24) is 4.98 Å². The van der Waals surface area contributed by atoms with Crippen LogP contribution in [-0.2, 0) is 0 Å². The molecule has 0 saturated carbocycles. The van der Waals surface area contributed by atoms with Gasteiger partial charge in [0, 0.05) is 6.07 Å². The van der Waals surface area contributed by atoms with Gasteiger partial charge in [-0.05, 0) is 6.07 Å². The summed E-state index contributed by atoms with van der Waals surface area (Å²) in [5, 5.41) is -0.103. The Bertz CT molecular complexity index is 226. The van der Waals surface area contributed by atoms with Crippen LogP contribution in [0.4, 0.5) is 8.78 Å². The zero-order valence-electron chi connectivity index (χ0n) is 4.16. The minimum absolute atomic E-state index is 0.103. The summed E-state index contributed by atoms with van der Waals surface area (Å²) in [6.45, 7) is 0. The van der Waals surface area contributed by atoms with Crippen molar-refractivity contribution in [2.45, 2.75) is 0 Å². The SMILES string of the molecule is Fc1[c]cc(Cl)nc1F. The summed E-state index contributed by atoms with van der Waals surface area (Å²) >= 11 is 5.17. The lowest BCUT2D eigenvalue weighted by molar-refractivity contribution is 0.478. The van der Waals surface area contributed by atoms with Crippen LogP contribution in [0, 0.1) is 17.8 Å². The second-order valence-electron chi connectivity index (χ2n) is 1.33. The smallest absolute Gasteiger partial charge is 0.205 e. The maximum absolute atomic E-state index is 12.0. The molecule has 1 radical (unpaired) electrons. The summed E-state index contributed by atoms with van der Waals surface area (Å²) in [6, 6.07) is 2.99. The molecule has 0 fully saturated rings. The van der Waals surface area contributed by atoms with Gasteiger partial charge in [0.2, 0.25) is 0 Å². The van der Waals surface area contributed by atoms with E-state index in [4.69, 9.17) is 11.6 Å². The fourth-order valence-electron chi connectivity index (χ4n) is 0.358.